The number of benzene rings is 1. The van der Waals surface area contributed by atoms with Gasteiger partial charge in [0, 0.05) is 17.6 Å². The van der Waals surface area contributed by atoms with Gasteiger partial charge in [-0.15, -0.1) is 0 Å². The van der Waals surface area contributed by atoms with Gasteiger partial charge in [0.2, 0.25) is 0 Å². The predicted octanol–water partition coefficient (Wildman–Crippen LogP) is 3.41. The van der Waals surface area contributed by atoms with Gasteiger partial charge >= 0.3 is 0 Å². The van der Waals surface area contributed by atoms with Gasteiger partial charge in [0.25, 0.3) is 0 Å². The quantitative estimate of drug-likeness (QED) is 0.766. The highest BCUT2D eigenvalue weighted by Gasteiger charge is 1.99. The van der Waals surface area contributed by atoms with E-state index >= 15 is 0 Å². The molecule has 0 spiro atoms. The Morgan fingerprint density at radius 3 is 2.40 bits per heavy atom. The van der Waals surface area contributed by atoms with Gasteiger partial charge in [-0.25, -0.2) is 0 Å². The van der Waals surface area contributed by atoms with Crippen LogP contribution in [-0.2, 0) is 6.42 Å². The van der Waals surface area contributed by atoms with Crippen LogP contribution >= 0.6 is 12.2 Å². The van der Waals surface area contributed by atoms with E-state index in [0.29, 0.717) is 0 Å². The van der Waals surface area contributed by atoms with E-state index in [1.54, 1.807) is 0 Å². The van der Waals surface area contributed by atoms with Crippen molar-refractivity contribution in [2.24, 2.45) is 0 Å². The van der Waals surface area contributed by atoms with Crippen molar-refractivity contribution in [3.8, 4) is 5.69 Å². The summed E-state index contributed by atoms with van der Waals surface area (Å²) in [5.74, 6) is 0. The molecule has 0 saturated heterocycles. The van der Waals surface area contributed by atoms with Crippen molar-refractivity contribution < 1.29 is 0 Å². The van der Waals surface area contributed by atoms with Crippen LogP contribution in [0.4, 0.5) is 0 Å². The monoisotopic (exact) mass is 218 g/mol. The van der Waals surface area contributed by atoms with Crippen molar-refractivity contribution in [3.05, 3.63) is 46.5 Å². The SMILES string of the molecule is CCc1ccc(-n2cc(C)[nH]c2=S)cc1. The molecule has 0 atom stereocenters. The van der Waals surface area contributed by atoms with E-state index in [4.69, 9.17) is 12.2 Å². The third kappa shape index (κ3) is 2.02. The molecule has 1 aromatic heterocycles. The van der Waals surface area contributed by atoms with Gasteiger partial charge in [0.1, 0.15) is 0 Å². The van der Waals surface area contributed by atoms with E-state index in [9.17, 15) is 0 Å². The molecule has 78 valence electrons. The predicted molar refractivity (Wildman–Crippen MR) is 65.1 cm³/mol. The van der Waals surface area contributed by atoms with Gasteiger partial charge in [0.15, 0.2) is 4.77 Å². The summed E-state index contributed by atoms with van der Waals surface area (Å²) in [6.07, 6.45) is 3.08. The number of aromatic amines is 1. The van der Waals surface area contributed by atoms with Crippen molar-refractivity contribution in [1.29, 1.82) is 0 Å². The number of aromatic nitrogens is 2. The molecule has 0 amide bonds. The third-order valence-corrected chi connectivity index (χ3v) is 2.77. The summed E-state index contributed by atoms with van der Waals surface area (Å²) in [7, 11) is 0. The molecule has 0 saturated carbocycles. The molecule has 0 aliphatic carbocycles. The minimum atomic E-state index is 0.747. The van der Waals surface area contributed by atoms with Crippen molar-refractivity contribution in [3.63, 3.8) is 0 Å². The van der Waals surface area contributed by atoms with E-state index in [0.717, 1.165) is 22.6 Å². The van der Waals surface area contributed by atoms with Crippen molar-refractivity contribution in [2.75, 3.05) is 0 Å². The fourth-order valence-electron chi connectivity index (χ4n) is 1.60. The zero-order valence-corrected chi connectivity index (χ0v) is 9.77. The minimum Gasteiger partial charge on any atom is -0.335 e. The first-order valence-corrected chi connectivity index (χ1v) is 5.49. The molecule has 2 rings (SSSR count). The van der Waals surface area contributed by atoms with Crippen molar-refractivity contribution >= 4 is 12.2 Å². The van der Waals surface area contributed by atoms with Crippen molar-refractivity contribution in [2.45, 2.75) is 20.3 Å². The van der Waals surface area contributed by atoms with E-state index in [1.807, 2.05) is 17.7 Å². The molecule has 0 aliphatic rings. The molecule has 1 heterocycles. The van der Waals surface area contributed by atoms with Crippen LogP contribution in [0, 0.1) is 11.7 Å². The Morgan fingerprint density at radius 1 is 1.27 bits per heavy atom. The first-order valence-electron chi connectivity index (χ1n) is 5.08. The standard InChI is InChI=1S/C12H14N2S/c1-3-10-4-6-11(7-5-10)14-8-9(2)13-12(14)15/h4-8H,3H2,1-2H3,(H,13,15). The van der Waals surface area contributed by atoms with Gasteiger partial charge in [-0.1, -0.05) is 19.1 Å². The summed E-state index contributed by atoms with van der Waals surface area (Å²) >= 11 is 5.22. The summed E-state index contributed by atoms with van der Waals surface area (Å²) in [5.41, 5.74) is 3.54. The van der Waals surface area contributed by atoms with E-state index in [2.05, 4.69) is 36.2 Å². The van der Waals surface area contributed by atoms with Gasteiger partial charge in [0.05, 0.1) is 0 Å². The maximum absolute atomic E-state index is 5.22. The number of nitrogens with one attached hydrogen (secondary N) is 1. The smallest absolute Gasteiger partial charge is 0.181 e. The number of imidazole rings is 1. The molecule has 0 unspecified atom stereocenters. The molecule has 0 fully saturated rings. The summed E-state index contributed by atoms with van der Waals surface area (Å²) in [4.78, 5) is 3.11. The molecule has 1 N–H and O–H groups in total. The Kier molecular flexibility index (Phi) is 2.73. The molecule has 0 radical (unpaired) electrons. The Bertz CT molecular complexity index is 505. The van der Waals surface area contributed by atoms with Crippen LogP contribution in [0.1, 0.15) is 18.2 Å². The van der Waals surface area contributed by atoms with Crippen LogP contribution < -0.4 is 0 Å². The van der Waals surface area contributed by atoms with Gasteiger partial charge in [-0.3, -0.25) is 4.57 Å². The van der Waals surface area contributed by atoms with Gasteiger partial charge < -0.3 is 4.98 Å². The zero-order valence-electron chi connectivity index (χ0n) is 8.95. The first-order chi connectivity index (χ1) is 7.20. The van der Waals surface area contributed by atoms with E-state index < -0.39 is 0 Å². The first kappa shape index (κ1) is 10.2. The van der Waals surface area contributed by atoms with Gasteiger partial charge in [-0.2, -0.15) is 0 Å². The number of hydrogen-bond acceptors (Lipinski definition) is 1. The molecule has 2 aromatic rings. The minimum absolute atomic E-state index is 0.747. The third-order valence-electron chi connectivity index (χ3n) is 2.47. The molecule has 0 aliphatic heterocycles. The fourth-order valence-corrected chi connectivity index (χ4v) is 1.92. The second-order valence-electron chi connectivity index (χ2n) is 3.63. The topological polar surface area (TPSA) is 20.7 Å². The molecule has 15 heavy (non-hydrogen) atoms. The second-order valence-corrected chi connectivity index (χ2v) is 4.02. The van der Waals surface area contributed by atoms with Crippen LogP contribution in [0.15, 0.2) is 30.5 Å². The number of aryl methyl sites for hydroxylation is 2. The Hall–Kier alpha value is -1.35. The summed E-state index contributed by atoms with van der Waals surface area (Å²) in [5, 5.41) is 0. The largest absolute Gasteiger partial charge is 0.335 e. The highest BCUT2D eigenvalue weighted by Crippen LogP contribution is 2.11. The second kappa shape index (κ2) is 4.03. The lowest BCUT2D eigenvalue weighted by Crippen LogP contribution is -1.92. The fraction of sp³-hybridized carbons (Fsp3) is 0.250. The molecule has 0 bridgehead atoms. The van der Waals surface area contributed by atoms with Crippen LogP contribution in [0.25, 0.3) is 5.69 Å². The van der Waals surface area contributed by atoms with Crippen LogP contribution in [0.5, 0.6) is 0 Å². The molecular weight excluding hydrogens is 204 g/mol. The number of hydrogen-bond donors (Lipinski definition) is 1. The number of H-pyrrole nitrogens is 1. The lowest BCUT2D eigenvalue weighted by Gasteiger charge is -2.03. The maximum atomic E-state index is 5.22. The average Bonchev–Trinajstić information content (AvgIpc) is 2.58. The normalized spacial score (nSPS) is 10.5. The van der Waals surface area contributed by atoms with E-state index in [1.165, 1.54) is 5.56 Å². The van der Waals surface area contributed by atoms with Crippen LogP contribution in [-0.4, -0.2) is 9.55 Å². The van der Waals surface area contributed by atoms with Gasteiger partial charge in [-0.05, 0) is 43.3 Å². The number of nitrogens with zero attached hydrogens (tertiary/aromatic N) is 1. The molecular formula is C12H14N2S. The Balaban J connectivity index is 2.45. The lowest BCUT2D eigenvalue weighted by atomic mass is 10.1. The number of rotatable bonds is 2. The highest BCUT2D eigenvalue weighted by molar-refractivity contribution is 7.71. The summed E-state index contributed by atoms with van der Waals surface area (Å²) < 4.78 is 2.74. The van der Waals surface area contributed by atoms with Crippen LogP contribution in [0.2, 0.25) is 0 Å². The molecule has 1 aromatic carbocycles. The van der Waals surface area contributed by atoms with Crippen molar-refractivity contribution in [1.82, 2.24) is 9.55 Å². The molecule has 2 nitrogen and oxygen atoms in total. The van der Waals surface area contributed by atoms with E-state index in [-0.39, 0.29) is 0 Å². The maximum Gasteiger partial charge on any atom is 0.181 e. The Morgan fingerprint density at radius 2 is 1.93 bits per heavy atom. The summed E-state index contributed by atoms with van der Waals surface area (Å²) in [6, 6.07) is 8.47. The molecule has 3 heteroatoms. The van der Waals surface area contributed by atoms with Crippen LogP contribution in [0.3, 0.4) is 0 Å². The lowest BCUT2D eigenvalue weighted by molar-refractivity contribution is 1.02. The Labute approximate surface area is 94.6 Å². The average molecular weight is 218 g/mol. The summed E-state index contributed by atoms with van der Waals surface area (Å²) in [6.45, 7) is 4.16. The zero-order chi connectivity index (χ0) is 10.8. The highest BCUT2D eigenvalue weighted by atomic mass is 32.1.